The molecule has 4 aliphatic heterocycles. The van der Waals surface area contributed by atoms with Gasteiger partial charge in [0, 0.05) is 23.8 Å². The number of aliphatic hydroxyl groups excluding tert-OH is 1. The van der Waals surface area contributed by atoms with Crippen LogP contribution in [-0.4, -0.2) is 128 Å². The van der Waals surface area contributed by atoms with Crippen LogP contribution < -0.4 is 5.32 Å². The molecule has 0 aliphatic carbocycles. The number of nitrogens with one attached hydrogen (secondary N) is 1. The summed E-state index contributed by atoms with van der Waals surface area (Å²) < 4.78 is 38.8. The number of aliphatic hydroxyl groups is 1. The number of hydrogen-bond acceptors (Lipinski definition) is 13. The van der Waals surface area contributed by atoms with E-state index in [9.17, 15) is 19.5 Å². The van der Waals surface area contributed by atoms with Crippen molar-refractivity contribution in [2.24, 2.45) is 28.8 Å². The minimum Gasteiger partial charge on any atom is -0.458 e. The molecule has 0 radical (unpaired) electrons. The van der Waals surface area contributed by atoms with Crippen LogP contribution >= 0.6 is 0 Å². The number of esters is 1. The minimum atomic E-state index is -1.31. The second-order valence-electron chi connectivity index (χ2n) is 17.8. The van der Waals surface area contributed by atoms with Gasteiger partial charge in [-0.15, -0.1) is 0 Å². The van der Waals surface area contributed by atoms with E-state index in [1.165, 1.54) is 5.56 Å². The van der Waals surface area contributed by atoms with Gasteiger partial charge in [-0.05, 0) is 92.3 Å². The smallest absolute Gasteiger partial charge is 0.408 e. The average molecular weight is 816 g/mol. The number of ketones is 1. The Kier molecular flexibility index (Phi) is 15.8. The van der Waals surface area contributed by atoms with Crippen molar-refractivity contribution >= 4 is 23.6 Å². The van der Waals surface area contributed by atoms with Crippen LogP contribution in [0.4, 0.5) is 4.79 Å². The maximum atomic E-state index is 14.5. The number of unbranched alkanes of at least 4 members (excludes halogenated alkanes) is 2. The molecule has 2 N–H and O–H groups in total. The van der Waals surface area contributed by atoms with Gasteiger partial charge in [0.2, 0.25) is 0 Å². The molecule has 0 unspecified atom stereocenters. The second kappa shape index (κ2) is 19.9. The van der Waals surface area contributed by atoms with Gasteiger partial charge >= 0.3 is 12.1 Å². The number of ether oxygens (including phenoxy) is 6. The predicted molar refractivity (Wildman–Crippen MR) is 217 cm³/mol. The van der Waals surface area contributed by atoms with Crippen molar-refractivity contribution < 1.29 is 52.7 Å². The number of alkyl carbamates (subject to hydrolysis) is 1. The highest BCUT2D eigenvalue weighted by atomic mass is 16.7. The molecule has 0 saturated carbocycles. The van der Waals surface area contributed by atoms with Gasteiger partial charge < -0.3 is 48.6 Å². The highest BCUT2D eigenvalue weighted by Crippen LogP contribution is 2.42. The lowest BCUT2D eigenvalue weighted by Gasteiger charge is -2.48. The lowest BCUT2D eigenvalue weighted by molar-refractivity contribution is -0.302. The molecule has 14 atom stereocenters. The fraction of sp³-hybridized carbons (Fsp3) is 0.773. The normalized spacial score (nSPS) is 39.8. The van der Waals surface area contributed by atoms with Crippen molar-refractivity contribution in [1.29, 1.82) is 0 Å². The Morgan fingerprint density at radius 1 is 0.983 bits per heavy atom. The summed E-state index contributed by atoms with van der Waals surface area (Å²) in [6.45, 7) is 15.1. The number of carbonyl (C=O) groups excluding carboxylic acids is 3. The first-order chi connectivity index (χ1) is 27.5. The third-order valence-electron chi connectivity index (χ3n) is 12.9. The van der Waals surface area contributed by atoms with Crippen LogP contribution in [0.25, 0.3) is 0 Å². The number of amides is 1. The first kappa shape index (κ1) is 45.9. The van der Waals surface area contributed by atoms with Crippen molar-refractivity contribution in [3.8, 4) is 0 Å². The van der Waals surface area contributed by atoms with Crippen molar-refractivity contribution in [3.05, 3.63) is 35.9 Å². The number of carbonyl (C=O) groups is 3. The Morgan fingerprint density at radius 3 is 2.40 bits per heavy atom. The predicted octanol–water partition coefficient (Wildman–Crippen LogP) is 5.46. The van der Waals surface area contributed by atoms with Crippen LogP contribution in [0.5, 0.6) is 0 Å². The summed E-state index contributed by atoms with van der Waals surface area (Å²) in [5.74, 6) is -3.41. The number of cyclic esters (lactones) is 1. The quantitative estimate of drug-likeness (QED) is 0.165. The van der Waals surface area contributed by atoms with Crippen LogP contribution in [-0.2, 0) is 49.3 Å². The fourth-order valence-corrected chi connectivity index (χ4v) is 9.55. The Labute approximate surface area is 345 Å². The lowest BCUT2D eigenvalue weighted by Crippen LogP contribution is -2.60. The molecule has 14 nitrogen and oxygen atoms in total. The van der Waals surface area contributed by atoms with Crippen molar-refractivity contribution in [1.82, 2.24) is 10.2 Å². The third-order valence-corrected chi connectivity index (χ3v) is 12.9. The summed E-state index contributed by atoms with van der Waals surface area (Å²) in [6.07, 6.45) is -0.539. The third kappa shape index (κ3) is 10.6. The maximum absolute atomic E-state index is 14.5. The number of Topliss-reactive ketones (excluding diaryl/α,β-unsaturated/α-hetero) is 1. The van der Waals surface area contributed by atoms with E-state index in [0.717, 1.165) is 25.7 Å². The molecule has 4 fully saturated rings. The Morgan fingerprint density at radius 2 is 1.71 bits per heavy atom. The largest absolute Gasteiger partial charge is 0.458 e. The monoisotopic (exact) mass is 815 g/mol. The molecular formula is C44H69N3O11. The van der Waals surface area contributed by atoms with Gasteiger partial charge in [0.1, 0.15) is 30.3 Å². The first-order valence-electron chi connectivity index (χ1n) is 21.3. The first-order valence-corrected chi connectivity index (χ1v) is 21.3. The Bertz CT molecular complexity index is 1560. The summed E-state index contributed by atoms with van der Waals surface area (Å²) in [6, 6.07) is 9.38. The molecule has 0 spiro atoms. The lowest BCUT2D eigenvalue weighted by atomic mass is 9.73. The number of hydrogen-bond donors (Lipinski definition) is 2. The average Bonchev–Trinajstić information content (AvgIpc) is 3.52. The molecular weight excluding hydrogens is 746 g/mol. The van der Waals surface area contributed by atoms with Gasteiger partial charge in [0.25, 0.3) is 0 Å². The van der Waals surface area contributed by atoms with Crippen molar-refractivity contribution in [2.45, 2.75) is 160 Å². The van der Waals surface area contributed by atoms with Gasteiger partial charge in [-0.1, -0.05) is 63.2 Å². The SMILES string of the molecule is CC[C@H]1OC(=O)[C@H](C)[C@H]2OC/C(=N/OCCCCCc3ccccc3)CO[C@](C)(C[C@@H](C)C(=O)[C@H](C)[C@H]3NC(=O)O[C@@]31C)[C@H](O[C@@H]1O[C@H](C)C[C@H](N(C)C)[C@H]1O)[C@H]2C. The number of aryl methyl sites for hydroxylation is 1. The van der Waals surface area contributed by atoms with E-state index in [0.29, 0.717) is 25.2 Å². The van der Waals surface area contributed by atoms with E-state index in [-0.39, 0.29) is 37.6 Å². The summed E-state index contributed by atoms with van der Waals surface area (Å²) in [7, 11) is 3.82. The minimum absolute atomic E-state index is 0.00419. The molecule has 4 saturated heterocycles. The fourth-order valence-electron chi connectivity index (χ4n) is 9.55. The molecule has 14 heteroatoms. The van der Waals surface area contributed by atoms with Crippen LogP contribution in [0, 0.1) is 23.7 Å². The molecule has 58 heavy (non-hydrogen) atoms. The number of nitrogens with zero attached hydrogens (tertiary/aromatic N) is 2. The van der Waals surface area contributed by atoms with Crippen LogP contribution in [0.2, 0.25) is 0 Å². The number of oxime groups is 1. The Hall–Kier alpha value is -3.14. The van der Waals surface area contributed by atoms with Gasteiger partial charge in [-0.25, -0.2) is 4.79 Å². The summed E-state index contributed by atoms with van der Waals surface area (Å²) in [4.78, 5) is 49.4. The molecule has 1 aromatic carbocycles. The van der Waals surface area contributed by atoms with Crippen LogP contribution in [0.1, 0.15) is 99.5 Å². The van der Waals surface area contributed by atoms with Crippen molar-refractivity contribution in [3.63, 3.8) is 0 Å². The van der Waals surface area contributed by atoms with Gasteiger partial charge in [-0.2, -0.15) is 0 Å². The second-order valence-corrected chi connectivity index (χ2v) is 17.8. The van der Waals surface area contributed by atoms with Crippen LogP contribution in [0.3, 0.4) is 0 Å². The molecule has 0 aromatic heterocycles. The molecule has 326 valence electrons. The summed E-state index contributed by atoms with van der Waals surface area (Å²) in [5, 5.41) is 19.0. The highest BCUT2D eigenvalue weighted by Gasteiger charge is 2.57. The Balaban J connectivity index is 1.49. The van der Waals surface area contributed by atoms with E-state index in [2.05, 4.69) is 34.7 Å². The molecule has 4 aliphatic rings. The molecule has 1 amide bonds. The van der Waals surface area contributed by atoms with Gasteiger partial charge in [-0.3, -0.25) is 9.59 Å². The van der Waals surface area contributed by atoms with Gasteiger partial charge in [0.05, 0.1) is 49.1 Å². The van der Waals surface area contributed by atoms with E-state index in [1.54, 1.807) is 20.8 Å². The van der Waals surface area contributed by atoms with Crippen LogP contribution in [0.15, 0.2) is 35.5 Å². The van der Waals surface area contributed by atoms with E-state index in [1.807, 2.05) is 59.7 Å². The molecule has 1 aromatic rings. The zero-order chi connectivity index (χ0) is 42.4. The number of likely N-dealkylation sites (N-methyl/N-ethyl adjacent to an activating group) is 1. The summed E-state index contributed by atoms with van der Waals surface area (Å²) in [5.41, 5.74) is -0.741. The topological polar surface area (TPSA) is 164 Å². The van der Waals surface area contributed by atoms with Gasteiger partial charge in [0.15, 0.2) is 11.9 Å². The number of fused-ring (bicyclic) bond motifs is 4. The zero-order valence-electron chi connectivity index (χ0n) is 36.3. The standard InChI is InChI=1S/C44H69N3O11/c1-11-34-44(8)38(45-42(51)58-44)28(4)35(48)26(2)23-43(7)39(57-41-36(49)33(47(9)10)22-27(3)55-41)29(5)37(30(6)40(50)56-34)52-24-32(25-53-43)46-54-21-17-13-16-20-31-18-14-12-15-19-31/h12,14-15,18-19,26-30,33-34,36-39,41,49H,11,13,16-17,20-25H2,1-10H3,(H,45,51)/b46-32-/t26-,27-,28+,29+,30-,33+,34-,36-,37+,38-,39-,41+,43-,44-/m1/s1. The van der Waals surface area contributed by atoms with E-state index < -0.39 is 83.7 Å². The molecule has 4 heterocycles. The summed E-state index contributed by atoms with van der Waals surface area (Å²) >= 11 is 0. The van der Waals surface area contributed by atoms with E-state index >= 15 is 0 Å². The number of rotatable bonds is 11. The molecule has 2 bridgehead atoms. The molecule has 5 rings (SSSR count). The van der Waals surface area contributed by atoms with Crippen molar-refractivity contribution in [2.75, 3.05) is 33.9 Å². The zero-order valence-corrected chi connectivity index (χ0v) is 36.3. The highest BCUT2D eigenvalue weighted by molar-refractivity contribution is 5.87. The number of benzene rings is 1. The maximum Gasteiger partial charge on any atom is 0.408 e. The van der Waals surface area contributed by atoms with E-state index in [4.69, 9.17) is 33.3 Å².